The van der Waals surface area contributed by atoms with Crippen molar-refractivity contribution in [3.63, 3.8) is 0 Å². The minimum atomic E-state index is -0.239. The Labute approximate surface area is 184 Å². The molecule has 0 spiro atoms. The number of halogens is 1. The molecule has 31 heavy (non-hydrogen) atoms. The Kier molecular flexibility index (Phi) is 7.59. The van der Waals surface area contributed by atoms with Crippen molar-refractivity contribution in [3.05, 3.63) is 52.7 Å². The van der Waals surface area contributed by atoms with Gasteiger partial charge in [0, 0.05) is 57.1 Å². The molecule has 0 unspecified atom stereocenters. The van der Waals surface area contributed by atoms with E-state index < -0.39 is 0 Å². The fraction of sp³-hybridized carbons (Fsp3) is 0.542. The third-order valence-electron chi connectivity index (χ3n) is 5.60. The number of carbonyl (C=O) groups excluding carboxylic acids is 1. The molecule has 0 saturated carbocycles. The van der Waals surface area contributed by atoms with E-state index in [2.05, 4.69) is 18.7 Å². The highest BCUT2D eigenvalue weighted by Crippen LogP contribution is 2.28. The van der Waals surface area contributed by atoms with Gasteiger partial charge in [0.15, 0.2) is 0 Å². The second-order valence-corrected chi connectivity index (χ2v) is 8.65. The van der Waals surface area contributed by atoms with E-state index in [1.54, 1.807) is 19.2 Å². The number of methoxy groups -OCH3 is 1. The number of hydrogen-bond donors (Lipinski definition) is 0. The Morgan fingerprint density at radius 1 is 1.10 bits per heavy atom. The van der Waals surface area contributed by atoms with Crippen molar-refractivity contribution in [1.29, 1.82) is 0 Å². The number of anilines is 1. The molecule has 3 rings (SSSR count). The zero-order chi connectivity index (χ0) is 22.5. The van der Waals surface area contributed by atoms with Crippen LogP contribution in [0.5, 0.6) is 0 Å². The molecule has 1 aromatic heterocycles. The Morgan fingerprint density at radius 2 is 1.77 bits per heavy atom. The Balaban J connectivity index is 1.99. The fourth-order valence-electron chi connectivity index (χ4n) is 3.83. The van der Waals surface area contributed by atoms with E-state index in [-0.39, 0.29) is 23.6 Å². The monoisotopic (exact) mass is 428 g/mol. The zero-order valence-electron chi connectivity index (χ0n) is 19.2. The quantitative estimate of drug-likeness (QED) is 0.672. The lowest BCUT2D eigenvalue weighted by Gasteiger charge is -2.37. The maximum absolute atomic E-state index is 14.5. The fourth-order valence-corrected chi connectivity index (χ4v) is 3.83. The highest BCUT2D eigenvalue weighted by atomic mass is 19.1. The Morgan fingerprint density at radius 3 is 2.35 bits per heavy atom. The van der Waals surface area contributed by atoms with Crippen LogP contribution in [0.25, 0.3) is 0 Å². The van der Waals surface area contributed by atoms with Gasteiger partial charge in [-0.15, -0.1) is 0 Å². The molecule has 1 aliphatic heterocycles. The third kappa shape index (κ3) is 5.39. The largest absolute Gasteiger partial charge is 0.378 e. The van der Waals surface area contributed by atoms with E-state index in [1.807, 2.05) is 24.8 Å². The van der Waals surface area contributed by atoms with Crippen LogP contribution in [-0.2, 0) is 22.6 Å². The topological polar surface area (TPSA) is 58.6 Å². The molecule has 168 valence electrons. The first kappa shape index (κ1) is 23.1. The van der Waals surface area contributed by atoms with Crippen molar-refractivity contribution < 1.29 is 13.9 Å². The van der Waals surface area contributed by atoms with E-state index in [0.29, 0.717) is 44.8 Å². The predicted octanol–water partition coefficient (Wildman–Crippen LogP) is 3.78. The summed E-state index contributed by atoms with van der Waals surface area (Å²) in [6, 6.07) is 6.81. The van der Waals surface area contributed by atoms with Crippen LogP contribution >= 0.6 is 0 Å². The molecule has 0 atom stereocenters. The zero-order valence-corrected chi connectivity index (χ0v) is 19.2. The molecule has 1 aromatic carbocycles. The summed E-state index contributed by atoms with van der Waals surface area (Å²) in [6.07, 6.45) is 0.393. The lowest BCUT2D eigenvalue weighted by atomic mass is 10.0. The lowest BCUT2D eigenvalue weighted by Crippen LogP contribution is -2.50. The molecule has 6 nitrogen and oxygen atoms in total. The summed E-state index contributed by atoms with van der Waals surface area (Å²) in [5.74, 6) is 1.66. The van der Waals surface area contributed by atoms with Crippen molar-refractivity contribution in [2.24, 2.45) is 5.92 Å². The minimum absolute atomic E-state index is 0.0110. The minimum Gasteiger partial charge on any atom is -0.378 e. The van der Waals surface area contributed by atoms with Gasteiger partial charge in [-0.2, -0.15) is 0 Å². The molecule has 1 aliphatic rings. The van der Waals surface area contributed by atoms with Crippen molar-refractivity contribution in [2.75, 3.05) is 38.2 Å². The first-order valence-corrected chi connectivity index (χ1v) is 11.0. The maximum Gasteiger partial charge on any atom is 0.225 e. The molecule has 0 N–H and O–H groups in total. The number of piperazine rings is 1. The average Bonchev–Trinajstić information content (AvgIpc) is 2.75. The second-order valence-electron chi connectivity index (χ2n) is 8.65. The van der Waals surface area contributed by atoms with Crippen LogP contribution < -0.4 is 4.90 Å². The van der Waals surface area contributed by atoms with E-state index in [4.69, 9.17) is 14.7 Å². The van der Waals surface area contributed by atoms with E-state index in [9.17, 15) is 9.18 Å². The van der Waals surface area contributed by atoms with Gasteiger partial charge in [0.1, 0.15) is 17.5 Å². The average molecular weight is 429 g/mol. The van der Waals surface area contributed by atoms with Crippen molar-refractivity contribution in [3.8, 4) is 0 Å². The van der Waals surface area contributed by atoms with Gasteiger partial charge in [0.25, 0.3) is 0 Å². The molecule has 0 radical (unpaired) electrons. The SMILES string of the molecule is COCc1nc(C(C)C)nc(N2CCN(C(=O)C(C)C)CC2)c1Cc1ccccc1F. The van der Waals surface area contributed by atoms with Crippen LogP contribution in [0.2, 0.25) is 0 Å². The second kappa shape index (κ2) is 10.2. The van der Waals surface area contributed by atoms with Crippen LogP contribution in [0.15, 0.2) is 24.3 Å². The first-order chi connectivity index (χ1) is 14.8. The highest BCUT2D eigenvalue weighted by Gasteiger charge is 2.27. The van der Waals surface area contributed by atoms with Gasteiger partial charge in [-0.1, -0.05) is 45.9 Å². The summed E-state index contributed by atoms with van der Waals surface area (Å²) in [5.41, 5.74) is 2.29. The molecule has 2 heterocycles. The standard InChI is InChI=1S/C24H33FN4O2/c1-16(2)22-26-21(15-31-5)19(14-18-8-6-7-9-20(18)25)23(27-22)28-10-12-29(13-11-28)24(30)17(3)4/h6-9,16-17H,10-15H2,1-5H3. The molecule has 1 amide bonds. The number of hydrogen-bond acceptors (Lipinski definition) is 5. The number of benzene rings is 1. The number of rotatable bonds is 7. The smallest absolute Gasteiger partial charge is 0.225 e. The van der Waals surface area contributed by atoms with E-state index in [1.165, 1.54) is 6.07 Å². The van der Waals surface area contributed by atoms with Crippen LogP contribution in [0.1, 0.15) is 56.3 Å². The summed E-state index contributed by atoms with van der Waals surface area (Å²) in [7, 11) is 1.64. The molecular weight excluding hydrogens is 395 g/mol. The molecule has 0 aliphatic carbocycles. The molecule has 2 aromatic rings. The number of amides is 1. The number of nitrogens with zero attached hydrogens (tertiary/aromatic N) is 4. The van der Waals surface area contributed by atoms with Gasteiger partial charge in [-0.3, -0.25) is 4.79 Å². The summed E-state index contributed by atoms with van der Waals surface area (Å²) in [4.78, 5) is 26.2. The van der Waals surface area contributed by atoms with Crippen molar-refractivity contribution in [1.82, 2.24) is 14.9 Å². The molecule has 1 fully saturated rings. The summed E-state index contributed by atoms with van der Waals surface area (Å²) in [6.45, 7) is 11.0. The van der Waals surface area contributed by atoms with Crippen LogP contribution in [0.3, 0.4) is 0 Å². The number of aromatic nitrogens is 2. The highest BCUT2D eigenvalue weighted by molar-refractivity contribution is 5.78. The van der Waals surface area contributed by atoms with Gasteiger partial charge in [0.2, 0.25) is 5.91 Å². The first-order valence-electron chi connectivity index (χ1n) is 11.0. The molecule has 0 bridgehead atoms. The van der Waals surface area contributed by atoms with E-state index in [0.717, 1.165) is 22.9 Å². The Hall–Kier alpha value is -2.54. The number of ether oxygens (including phenoxy) is 1. The van der Waals surface area contributed by atoms with Crippen molar-refractivity contribution >= 4 is 11.7 Å². The van der Waals surface area contributed by atoms with Crippen molar-refractivity contribution in [2.45, 2.75) is 46.6 Å². The third-order valence-corrected chi connectivity index (χ3v) is 5.60. The normalized spacial score (nSPS) is 14.6. The molecule has 1 saturated heterocycles. The summed E-state index contributed by atoms with van der Waals surface area (Å²) in [5, 5.41) is 0. The van der Waals surface area contributed by atoms with Gasteiger partial charge in [-0.25, -0.2) is 14.4 Å². The summed E-state index contributed by atoms with van der Waals surface area (Å²) < 4.78 is 19.9. The molecular formula is C24H33FN4O2. The van der Waals surface area contributed by atoms with Crippen LogP contribution in [0.4, 0.5) is 10.2 Å². The van der Waals surface area contributed by atoms with Crippen LogP contribution in [-0.4, -0.2) is 54.1 Å². The summed E-state index contributed by atoms with van der Waals surface area (Å²) >= 11 is 0. The van der Waals surface area contributed by atoms with E-state index >= 15 is 0 Å². The van der Waals surface area contributed by atoms with Gasteiger partial charge in [-0.05, 0) is 11.6 Å². The van der Waals surface area contributed by atoms with Gasteiger partial charge in [0.05, 0.1) is 12.3 Å². The predicted molar refractivity (Wildman–Crippen MR) is 120 cm³/mol. The lowest BCUT2D eigenvalue weighted by molar-refractivity contribution is -0.134. The van der Waals surface area contributed by atoms with Gasteiger partial charge >= 0.3 is 0 Å². The molecule has 7 heteroatoms. The number of carbonyl (C=O) groups is 1. The van der Waals surface area contributed by atoms with Gasteiger partial charge < -0.3 is 14.5 Å². The van der Waals surface area contributed by atoms with Crippen LogP contribution in [0, 0.1) is 11.7 Å². The Bertz CT molecular complexity index is 908. The maximum atomic E-state index is 14.5.